The number of nitrogens with one attached hydrogen (secondary N) is 3. The van der Waals surface area contributed by atoms with E-state index in [1.165, 1.54) is 11.3 Å². The van der Waals surface area contributed by atoms with Crippen LogP contribution in [0.3, 0.4) is 0 Å². The smallest absolute Gasteiger partial charge is 0.321 e. The number of anilines is 1. The minimum atomic E-state index is -1.14. The second-order valence-corrected chi connectivity index (χ2v) is 7.17. The van der Waals surface area contributed by atoms with Crippen molar-refractivity contribution in [2.45, 2.75) is 26.3 Å². The van der Waals surface area contributed by atoms with Gasteiger partial charge >= 0.3 is 6.03 Å². The number of amides is 4. The van der Waals surface area contributed by atoms with Crippen LogP contribution in [0.1, 0.15) is 32.6 Å². The van der Waals surface area contributed by atoms with Crippen molar-refractivity contribution in [1.29, 1.82) is 0 Å². The first-order valence-corrected chi connectivity index (χ1v) is 8.24. The quantitative estimate of drug-likeness (QED) is 0.749. The van der Waals surface area contributed by atoms with Crippen molar-refractivity contribution in [3.8, 4) is 0 Å². The van der Waals surface area contributed by atoms with E-state index in [4.69, 9.17) is 0 Å². The number of carbonyl (C=O) groups excluding carboxylic acids is 3. The summed E-state index contributed by atoms with van der Waals surface area (Å²) in [6, 6.07) is 8.23. The summed E-state index contributed by atoms with van der Waals surface area (Å²) in [7, 11) is 0. The molecule has 2 aromatic rings. The van der Waals surface area contributed by atoms with Crippen molar-refractivity contribution in [2.24, 2.45) is 0 Å². The average molecular weight is 343 g/mol. The van der Waals surface area contributed by atoms with Crippen LogP contribution in [-0.2, 0) is 10.3 Å². The highest BCUT2D eigenvalue weighted by molar-refractivity contribution is 7.14. The van der Waals surface area contributed by atoms with Gasteiger partial charge in [0, 0.05) is 10.6 Å². The lowest BCUT2D eigenvalue weighted by Gasteiger charge is -2.21. The van der Waals surface area contributed by atoms with Gasteiger partial charge in [-0.05, 0) is 50.1 Å². The van der Waals surface area contributed by atoms with Gasteiger partial charge in [0.15, 0.2) is 0 Å². The molecule has 0 aliphatic carbocycles. The second kappa shape index (κ2) is 5.76. The number of urea groups is 1. The topological polar surface area (TPSA) is 87.3 Å². The molecule has 0 spiro atoms. The largest absolute Gasteiger partial charge is 0.322 e. The molecule has 1 aliphatic rings. The maximum Gasteiger partial charge on any atom is 0.322 e. The molecule has 1 aromatic carbocycles. The Bertz CT molecular complexity index is 839. The van der Waals surface area contributed by atoms with Crippen LogP contribution in [0.2, 0.25) is 0 Å². The van der Waals surface area contributed by atoms with Gasteiger partial charge in [-0.25, -0.2) is 4.79 Å². The fourth-order valence-electron chi connectivity index (χ4n) is 2.53. The van der Waals surface area contributed by atoms with E-state index in [-0.39, 0.29) is 5.91 Å². The van der Waals surface area contributed by atoms with Gasteiger partial charge in [0.05, 0.1) is 4.88 Å². The zero-order valence-electron chi connectivity index (χ0n) is 13.5. The van der Waals surface area contributed by atoms with Gasteiger partial charge in [-0.1, -0.05) is 12.1 Å². The molecule has 1 atom stereocenters. The zero-order valence-corrected chi connectivity index (χ0v) is 14.3. The van der Waals surface area contributed by atoms with Crippen LogP contribution < -0.4 is 16.0 Å². The van der Waals surface area contributed by atoms with Crippen molar-refractivity contribution in [3.05, 3.63) is 51.2 Å². The van der Waals surface area contributed by atoms with Crippen LogP contribution in [0.4, 0.5) is 10.5 Å². The third kappa shape index (κ3) is 2.78. The summed E-state index contributed by atoms with van der Waals surface area (Å²) in [4.78, 5) is 37.5. The molecule has 1 saturated heterocycles. The zero-order chi connectivity index (χ0) is 17.5. The standard InChI is InChI=1S/C17H17N3O3S/c1-9-7-13(24-10(9)2)14(21)18-12-6-4-5-11(8-12)17(3)15(22)19-16(23)20-17/h4-8H,1-3H3,(H,18,21)(H2,19,20,22,23)/t17-/m1/s1. The molecule has 1 fully saturated rings. The van der Waals surface area contributed by atoms with Gasteiger partial charge in [0.25, 0.3) is 11.8 Å². The van der Waals surface area contributed by atoms with Crippen molar-refractivity contribution in [1.82, 2.24) is 10.6 Å². The molecule has 2 heterocycles. The molecule has 0 saturated carbocycles. The van der Waals surface area contributed by atoms with Gasteiger partial charge in [-0.15, -0.1) is 11.3 Å². The minimum Gasteiger partial charge on any atom is -0.321 e. The third-order valence-electron chi connectivity index (χ3n) is 4.13. The summed E-state index contributed by atoms with van der Waals surface area (Å²) in [5.74, 6) is -0.612. The summed E-state index contributed by atoms with van der Waals surface area (Å²) in [6.45, 7) is 5.56. The summed E-state index contributed by atoms with van der Waals surface area (Å²) in [5.41, 5.74) is 1.10. The summed E-state index contributed by atoms with van der Waals surface area (Å²) >= 11 is 1.44. The molecule has 4 amide bonds. The lowest BCUT2D eigenvalue weighted by molar-refractivity contribution is -0.123. The number of carbonyl (C=O) groups is 3. The molecule has 0 bridgehead atoms. The van der Waals surface area contributed by atoms with Crippen LogP contribution in [-0.4, -0.2) is 17.8 Å². The van der Waals surface area contributed by atoms with E-state index in [9.17, 15) is 14.4 Å². The number of thiophene rings is 1. The van der Waals surface area contributed by atoms with E-state index >= 15 is 0 Å². The Morgan fingerprint density at radius 1 is 1.21 bits per heavy atom. The Kier molecular flexibility index (Phi) is 3.88. The molecule has 24 heavy (non-hydrogen) atoms. The number of hydrogen-bond donors (Lipinski definition) is 3. The van der Waals surface area contributed by atoms with E-state index in [0.717, 1.165) is 10.4 Å². The van der Waals surface area contributed by atoms with Crippen LogP contribution in [0.15, 0.2) is 30.3 Å². The first-order chi connectivity index (χ1) is 11.3. The highest BCUT2D eigenvalue weighted by atomic mass is 32.1. The lowest BCUT2D eigenvalue weighted by Crippen LogP contribution is -2.40. The monoisotopic (exact) mass is 343 g/mol. The normalized spacial score (nSPS) is 19.8. The summed E-state index contributed by atoms with van der Waals surface area (Å²) in [6.07, 6.45) is 0. The minimum absolute atomic E-state index is 0.196. The van der Waals surface area contributed by atoms with Crippen molar-refractivity contribution in [3.63, 3.8) is 0 Å². The highest BCUT2D eigenvalue weighted by Gasteiger charge is 2.43. The van der Waals surface area contributed by atoms with E-state index in [2.05, 4.69) is 16.0 Å². The summed E-state index contributed by atoms with van der Waals surface area (Å²) < 4.78 is 0. The second-order valence-electron chi connectivity index (χ2n) is 5.92. The molecule has 7 heteroatoms. The first kappa shape index (κ1) is 16.2. The number of rotatable bonds is 3. The Morgan fingerprint density at radius 2 is 1.96 bits per heavy atom. The fraction of sp³-hybridized carbons (Fsp3) is 0.235. The van der Waals surface area contributed by atoms with Crippen LogP contribution in [0, 0.1) is 13.8 Å². The molecule has 0 radical (unpaired) electrons. The molecule has 1 aliphatic heterocycles. The van der Waals surface area contributed by atoms with E-state index in [1.54, 1.807) is 31.2 Å². The lowest BCUT2D eigenvalue weighted by atomic mass is 9.92. The number of aryl methyl sites for hydroxylation is 2. The van der Waals surface area contributed by atoms with Gasteiger partial charge in [-0.3, -0.25) is 14.9 Å². The first-order valence-electron chi connectivity index (χ1n) is 7.42. The van der Waals surface area contributed by atoms with Crippen LogP contribution in [0.25, 0.3) is 0 Å². The van der Waals surface area contributed by atoms with Crippen molar-refractivity contribution in [2.75, 3.05) is 5.32 Å². The molecule has 6 nitrogen and oxygen atoms in total. The Balaban J connectivity index is 1.85. The highest BCUT2D eigenvalue weighted by Crippen LogP contribution is 2.27. The molecular weight excluding hydrogens is 326 g/mol. The maximum absolute atomic E-state index is 12.4. The van der Waals surface area contributed by atoms with Crippen molar-refractivity contribution >= 4 is 34.9 Å². The molecule has 1 aromatic heterocycles. The fourth-order valence-corrected chi connectivity index (χ4v) is 3.46. The number of hydrogen-bond acceptors (Lipinski definition) is 4. The number of benzene rings is 1. The number of imide groups is 1. The molecule has 3 N–H and O–H groups in total. The average Bonchev–Trinajstić information content (AvgIpc) is 2.99. The molecule has 0 unspecified atom stereocenters. The molecular formula is C17H17N3O3S. The van der Waals surface area contributed by atoms with E-state index in [1.807, 2.05) is 19.9 Å². The van der Waals surface area contributed by atoms with Gasteiger partial charge < -0.3 is 10.6 Å². The van der Waals surface area contributed by atoms with E-state index in [0.29, 0.717) is 16.1 Å². The maximum atomic E-state index is 12.4. The Morgan fingerprint density at radius 3 is 2.54 bits per heavy atom. The Hall–Kier alpha value is -2.67. The van der Waals surface area contributed by atoms with Gasteiger partial charge in [0.2, 0.25) is 0 Å². The van der Waals surface area contributed by atoms with Gasteiger partial charge in [0.1, 0.15) is 5.54 Å². The van der Waals surface area contributed by atoms with Crippen LogP contribution >= 0.6 is 11.3 Å². The molecule has 124 valence electrons. The van der Waals surface area contributed by atoms with Crippen molar-refractivity contribution < 1.29 is 14.4 Å². The SMILES string of the molecule is Cc1cc(C(=O)Nc2cccc([C@@]3(C)NC(=O)NC3=O)c2)sc1C. The third-order valence-corrected chi connectivity index (χ3v) is 5.28. The predicted molar refractivity (Wildman–Crippen MR) is 92.2 cm³/mol. The van der Waals surface area contributed by atoms with Gasteiger partial charge in [-0.2, -0.15) is 0 Å². The van der Waals surface area contributed by atoms with Crippen LogP contribution in [0.5, 0.6) is 0 Å². The predicted octanol–water partition coefficient (Wildman–Crippen LogP) is 2.67. The van der Waals surface area contributed by atoms with E-state index < -0.39 is 17.5 Å². The summed E-state index contributed by atoms with van der Waals surface area (Å²) in [5, 5.41) is 7.67. The molecule has 3 rings (SSSR count). The Labute approximate surface area is 143 Å².